The van der Waals surface area contributed by atoms with Gasteiger partial charge in [0.1, 0.15) is 5.75 Å². The van der Waals surface area contributed by atoms with E-state index in [-0.39, 0.29) is 17.9 Å². The summed E-state index contributed by atoms with van der Waals surface area (Å²) in [6, 6.07) is 14.5. The minimum atomic E-state index is -0.313. The summed E-state index contributed by atoms with van der Waals surface area (Å²) in [6.07, 6.45) is 2.16. The molecular weight excluding hydrogens is 450 g/mol. The first-order valence-corrected chi connectivity index (χ1v) is 12.1. The van der Waals surface area contributed by atoms with Gasteiger partial charge in [-0.15, -0.1) is 11.3 Å². The Morgan fingerprint density at radius 1 is 1.18 bits per heavy atom. The highest BCUT2D eigenvalue weighted by Crippen LogP contribution is 2.16. The molecule has 1 aliphatic heterocycles. The number of benzene rings is 2. The predicted octanol–water partition coefficient (Wildman–Crippen LogP) is 3.87. The van der Waals surface area contributed by atoms with Gasteiger partial charge in [0, 0.05) is 34.8 Å². The molecule has 2 aromatic carbocycles. The highest BCUT2D eigenvalue weighted by atomic mass is 32.1. The zero-order chi connectivity index (χ0) is 24.1. The molecule has 4 rings (SSSR count). The molecule has 1 aliphatic rings. The van der Waals surface area contributed by atoms with Crippen LogP contribution in [0.15, 0.2) is 53.5 Å². The average molecular weight is 480 g/mol. The maximum Gasteiger partial charge on any atom is 0.279 e. The van der Waals surface area contributed by atoms with Crippen molar-refractivity contribution in [3.8, 4) is 5.75 Å². The molecule has 2 amide bonds. The molecule has 1 aromatic heterocycles. The molecule has 2 heterocycles. The Morgan fingerprint density at radius 3 is 2.68 bits per heavy atom. The van der Waals surface area contributed by atoms with Crippen LogP contribution in [0.2, 0.25) is 0 Å². The van der Waals surface area contributed by atoms with Crippen molar-refractivity contribution in [1.82, 2.24) is 9.88 Å². The average Bonchev–Trinajstić information content (AvgIpc) is 3.47. The molecule has 1 fully saturated rings. The molecule has 1 saturated heterocycles. The summed E-state index contributed by atoms with van der Waals surface area (Å²) < 4.78 is 12.8. The van der Waals surface area contributed by atoms with Crippen LogP contribution in [0, 0.1) is 13.8 Å². The number of methoxy groups -OCH3 is 1. The van der Waals surface area contributed by atoms with E-state index < -0.39 is 0 Å². The van der Waals surface area contributed by atoms with Crippen molar-refractivity contribution in [2.75, 3.05) is 20.3 Å². The number of nitrogens with one attached hydrogen (secondary N) is 1. The van der Waals surface area contributed by atoms with E-state index in [2.05, 4.69) is 10.3 Å². The van der Waals surface area contributed by atoms with Gasteiger partial charge >= 0.3 is 0 Å². The zero-order valence-corrected chi connectivity index (χ0v) is 20.5. The zero-order valence-electron chi connectivity index (χ0n) is 19.7. The molecular formula is C26H29N3O4S. The molecule has 34 heavy (non-hydrogen) atoms. The largest absolute Gasteiger partial charge is 0.497 e. The second kappa shape index (κ2) is 10.8. The third kappa shape index (κ3) is 5.63. The summed E-state index contributed by atoms with van der Waals surface area (Å²) in [5.41, 5.74) is 3.17. The van der Waals surface area contributed by atoms with Crippen molar-refractivity contribution in [3.63, 3.8) is 0 Å². The van der Waals surface area contributed by atoms with Gasteiger partial charge in [0.25, 0.3) is 11.8 Å². The highest BCUT2D eigenvalue weighted by molar-refractivity contribution is 7.09. The fourth-order valence-corrected chi connectivity index (χ4v) is 4.81. The van der Waals surface area contributed by atoms with Gasteiger partial charge in [0.15, 0.2) is 4.80 Å². The van der Waals surface area contributed by atoms with Gasteiger partial charge in [-0.05, 0) is 62.6 Å². The highest BCUT2D eigenvalue weighted by Gasteiger charge is 2.17. The molecule has 0 radical (unpaired) electrons. The third-order valence-electron chi connectivity index (χ3n) is 5.97. The number of amides is 2. The van der Waals surface area contributed by atoms with Crippen LogP contribution < -0.4 is 14.9 Å². The lowest BCUT2D eigenvalue weighted by molar-refractivity contribution is 0.0857. The van der Waals surface area contributed by atoms with Gasteiger partial charge in [-0.25, -0.2) is 0 Å². The molecule has 8 heteroatoms. The molecule has 0 aliphatic carbocycles. The first-order valence-electron chi connectivity index (χ1n) is 11.3. The Bertz CT molecular complexity index is 1240. The number of hydrogen-bond acceptors (Lipinski definition) is 5. The van der Waals surface area contributed by atoms with E-state index in [1.165, 1.54) is 11.3 Å². The van der Waals surface area contributed by atoms with Crippen molar-refractivity contribution in [1.29, 1.82) is 0 Å². The number of carbonyl (C=O) groups excluding carboxylic acids is 2. The van der Waals surface area contributed by atoms with E-state index in [1.807, 2.05) is 42.7 Å². The van der Waals surface area contributed by atoms with Gasteiger partial charge in [-0.3, -0.25) is 9.59 Å². The number of carbonyl (C=O) groups is 2. The minimum Gasteiger partial charge on any atom is -0.497 e. The van der Waals surface area contributed by atoms with Crippen LogP contribution in [-0.4, -0.2) is 42.7 Å². The SMILES string of the molecule is COc1cccc(C(=O)N=c2sc(C)c(C)n2Cc2ccc(C(=O)NCC3CCCO3)cc2)c1. The topological polar surface area (TPSA) is 81.9 Å². The Labute approximate surface area is 203 Å². The van der Waals surface area contributed by atoms with E-state index in [4.69, 9.17) is 9.47 Å². The molecule has 1 N–H and O–H groups in total. The lowest BCUT2D eigenvalue weighted by Gasteiger charge is -2.11. The number of rotatable bonds is 7. The van der Waals surface area contributed by atoms with Gasteiger partial charge in [-0.1, -0.05) is 18.2 Å². The summed E-state index contributed by atoms with van der Waals surface area (Å²) >= 11 is 1.49. The predicted molar refractivity (Wildman–Crippen MR) is 132 cm³/mol. The number of nitrogens with zero attached hydrogens (tertiary/aromatic N) is 2. The van der Waals surface area contributed by atoms with E-state index >= 15 is 0 Å². The number of thiazole rings is 1. The molecule has 3 aromatic rings. The Morgan fingerprint density at radius 2 is 1.97 bits per heavy atom. The van der Waals surface area contributed by atoms with E-state index in [0.29, 0.717) is 34.8 Å². The first-order chi connectivity index (χ1) is 16.4. The van der Waals surface area contributed by atoms with E-state index in [1.54, 1.807) is 31.4 Å². The van der Waals surface area contributed by atoms with Gasteiger partial charge < -0.3 is 19.4 Å². The standard InChI is InChI=1S/C26H29N3O4S/c1-17-18(2)34-26(28-25(31)21-6-4-7-22(14-21)32-3)29(17)16-19-9-11-20(12-10-19)24(30)27-15-23-8-5-13-33-23/h4,6-7,9-12,14,23H,5,8,13,15-16H2,1-3H3,(H,27,30). The molecule has 178 valence electrons. The lowest BCUT2D eigenvalue weighted by atomic mass is 10.1. The summed E-state index contributed by atoms with van der Waals surface area (Å²) in [5, 5.41) is 2.95. The summed E-state index contributed by atoms with van der Waals surface area (Å²) in [5.74, 6) is 0.205. The minimum absolute atomic E-state index is 0.100. The Hall–Kier alpha value is -3.23. The Balaban J connectivity index is 1.50. The fraction of sp³-hybridized carbons (Fsp3) is 0.346. The quantitative estimate of drug-likeness (QED) is 0.558. The van der Waals surface area contributed by atoms with Gasteiger partial charge in [0.05, 0.1) is 19.8 Å². The molecule has 0 bridgehead atoms. The van der Waals surface area contributed by atoms with E-state index in [9.17, 15) is 9.59 Å². The van der Waals surface area contributed by atoms with Crippen LogP contribution in [0.5, 0.6) is 5.75 Å². The molecule has 0 saturated carbocycles. The second-order valence-corrected chi connectivity index (χ2v) is 9.48. The molecule has 1 atom stereocenters. The van der Waals surface area contributed by atoms with Crippen LogP contribution in [-0.2, 0) is 11.3 Å². The fourth-order valence-electron chi connectivity index (χ4n) is 3.83. The number of aromatic nitrogens is 1. The summed E-state index contributed by atoms with van der Waals surface area (Å²) in [4.78, 5) is 31.4. The lowest BCUT2D eigenvalue weighted by Crippen LogP contribution is -2.31. The number of hydrogen-bond donors (Lipinski definition) is 1. The van der Waals surface area contributed by atoms with Crippen LogP contribution >= 0.6 is 11.3 Å². The maximum atomic E-state index is 12.8. The number of aryl methyl sites for hydroxylation is 1. The normalized spacial score (nSPS) is 16.0. The van der Waals surface area contributed by atoms with Crippen molar-refractivity contribution >= 4 is 23.2 Å². The van der Waals surface area contributed by atoms with Gasteiger partial charge in [0.2, 0.25) is 0 Å². The van der Waals surface area contributed by atoms with E-state index in [0.717, 1.165) is 35.6 Å². The third-order valence-corrected chi connectivity index (χ3v) is 7.07. The van der Waals surface area contributed by atoms with Crippen LogP contribution in [0.1, 0.15) is 49.7 Å². The smallest absolute Gasteiger partial charge is 0.279 e. The monoisotopic (exact) mass is 479 g/mol. The summed E-state index contributed by atoms with van der Waals surface area (Å²) in [6.45, 7) is 5.91. The van der Waals surface area contributed by atoms with Gasteiger partial charge in [-0.2, -0.15) is 4.99 Å². The van der Waals surface area contributed by atoms with Crippen LogP contribution in [0.3, 0.4) is 0 Å². The van der Waals surface area contributed by atoms with Crippen LogP contribution in [0.25, 0.3) is 0 Å². The summed E-state index contributed by atoms with van der Waals surface area (Å²) in [7, 11) is 1.57. The molecule has 1 unspecified atom stereocenters. The maximum absolute atomic E-state index is 12.8. The van der Waals surface area contributed by atoms with Crippen LogP contribution in [0.4, 0.5) is 0 Å². The first kappa shape index (κ1) is 23.9. The van der Waals surface area contributed by atoms with Crippen molar-refractivity contribution in [2.45, 2.75) is 39.3 Å². The van der Waals surface area contributed by atoms with Crippen molar-refractivity contribution in [2.24, 2.45) is 4.99 Å². The van der Waals surface area contributed by atoms with Crippen molar-refractivity contribution < 1.29 is 19.1 Å². The molecule has 0 spiro atoms. The Kier molecular flexibility index (Phi) is 7.59. The molecule has 7 nitrogen and oxygen atoms in total. The second-order valence-electron chi connectivity index (χ2n) is 8.30. The number of ether oxygens (including phenoxy) is 2. The van der Waals surface area contributed by atoms with Crippen molar-refractivity contribution in [3.05, 3.63) is 80.6 Å².